The maximum Gasteiger partial charge on any atom is 0.413 e. The van der Waals surface area contributed by atoms with E-state index in [1.165, 1.54) is 12.4 Å². The zero-order valence-corrected chi connectivity index (χ0v) is 7.08. The predicted octanol–water partition coefficient (Wildman–Crippen LogP) is 1.06. The maximum atomic E-state index is 11.6. The SMILES string of the molecule is FC(F)(F)CONCc1ncccn1. The summed E-state index contributed by atoms with van der Waals surface area (Å²) in [6.07, 6.45) is -1.34. The van der Waals surface area contributed by atoms with Crippen LogP contribution in [0.15, 0.2) is 18.5 Å². The van der Waals surface area contributed by atoms with Crippen molar-refractivity contribution in [2.75, 3.05) is 6.61 Å². The molecule has 1 N–H and O–H groups in total. The van der Waals surface area contributed by atoms with Crippen molar-refractivity contribution in [1.29, 1.82) is 0 Å². The Balaban J connectivity index is 2.17. The third-order valence-electron chi connectivity index (χ3n) is 1.19. The highest BCUT2D eigenvalue weighted by molar-refractivity contribution is 4.86. The minimum absolute atomic E-state index is 0.0386. The lowest BCUT2D eigenvalue weighted by Gasteiger charge is -2.07. The van der Waals surface area contributed by atoms with E-state index < -0.39 is 12.8 Å². The van der Waals surface area contributed by atoms with Gasteiger partial charge in [0.1, 0.15) is 5.82 Å². The lowest BCUT2D eigenvalue weighted by molar-refractivity contribution is -0.190. The molecule has 0 aliphatic carbocycles. The Morgan fingerprint density at radius 1 is 1.29 bits per heavy atom. The van der Waals surface area contributed by atoms with Crippen LogP contribution >= 0.6 is 0 Å². The fraction of sp³-hybridized carbons (Fsp3) is 0.429. The molecule has 14 heavy (non-hydrogen) atoms. The third-order valence-corrected chi connectivity index (χ3v) is 1.19. The molecule has 0 fully saturated rings. The molecule has 1 aromatic heterocycles. The van der Waals surface area contributed by atoms with Gasteiger partial charge in [-0.25, -0.2) is 9.97 Å². The van der Waals surface area contributed by atoms with Crippen molar-refractivity contribution in [3.8, 4) is 0 Å². The lowest BCUT2D eigenvalue weighted by atomic mass is 10.5. The second-order valence-corrected chi connectivity index (χ2v) is 2.39. The van der Waals surface area contributed by atoms with Gasteiger partial charge in [-0.15, -0.1) is 0 Å². The fourth-order valence-corrected chi connectivity index (χ4v) is 0.670. The van der Waals surface area contributed by atoms with Crippen LogP contribution in [0.3, 0.4) is 0 Å². The van der Waals surface area contributed by atoms with E-state index >= 15 is 0 Å². The molecule has 0 aliphatic heterocycles. The lowest BCUT2D eigenvalue weighted by Crippen LogP contribution is -2.25. The quantitative estimate of drug-likeness (QED) is 0.592. The van der Waals surface area contributed by atoms with E-state index in [1.807, 2.05) is 0 Å². The molecule has 1 rings (SSSR count). The van der Waals surface area contributed by atoms with Gasteiger partial charge in [-0.3, -0.25) is 4.84 Å². The molecule has 1 heterocycles. The number of aromatic nitrogens is 2. The monoisotopic (exact) mass is 207 g/mol. The topological polar surface area (TPSA) is 47.0 Å². The van der Waals surface area contributed by atoms with Crippen molar-refractivity contribution in [1.82, 2.24) is 15.4 Å². The first-order valence-electron chi connectivity index (χ1n) is 3.75. The smallest absolute Gasteiger partial charge is 0.292 e. The Hall–Kier alpha value is -1.21. The highest BCUT2D eigenvalue weighted by Gasteiger charge is 2.27. The molecule has 78 valence electrons. The number of halogens is 3. The third kappa shape index (κ3) is 4.73. The first-order valence-corrected chi connectivity index (χ1v) is 3.75. The van der Waals surface area contributed by atoms with Gasteiger partial charge in [0, 0.05) is 12.4 Å². The normalized spacial score (nSPS) is 11.6. The summed E-state index contributed by atoms with van der Waals surface area (Å²) in [6, 6.07) is 1.61. The van der Waals surface area contributed by atoms with Gasteiger partial charge >= 0.3 is 6.18 Å². The van der Waals surface area contributed by atoms with E-state index in [1.54, 1.807) is 6.07 Å². The van der Waals surface area contributed by atoms with Crippen molar-refractivity contribution in [2.45, 2.75) is 12.7 Å². The maximum absolute atomic E-state index is 11.6. The molecule has 0 atom stereocenters. The predicted molar refractivity (Wildman–Crippen MR) is 40.9 cm³/mol. The number of hydroxylamine groups is 1. The van der Waals surface area contributed by atoms with Crippen LogP contribution in [-0.2, 0) is 11.4 Å². The van der Waals surface area contributed by atoms with Crippen molar-refractivity contribution in [3.05, 3.63) is 24.3 Å². The molecule has 4 nitrogen and oxygen atoms in total. The second kappa shape index (κ2) is 4.87. The highest BCUT2D eigenvalue weighted by atomic mass is 19.4. The molecule has 0 amide bonds. The minimum atomic E-state index is -4.33. The molecular weight excluding hydrogens is 199 g/mol. The molecule has 1 aromatic rings. The van der Waals surface area contributed by atoms with E-state index in [4.69, 9.17) is 0 Å². The van der Waals surface area contributed by atoms with Crippen LogP contribution in [0.2, 0.25) is 0 Å². The van der Waals surface area contributed by atoms with Crippen LogP contribution in [0, 0.1) is 0 Å². The summed E-state index contributed by atoms with van der Waals surface area (Å²) in [5, 5.41) is 0. The van der Waals surface area contributed by atoms with E-state index in [0.29, 0.717) is 5.82 Å². The number of alkyl halides is 3. The van der Waals surface area contributed by atoms with Crippen LogP contribution in [0.1, 0.15) is 5.82 Å². The highest BCUT2D eigenvalue weighted by Crippen LogP contribution is 2.13. The summed E-state index contributed by atoms with van der Waals surface area (Å²) in [4.78, 5) is 11.7. The van der Waals surface area contributed by atoms with Gasteiger partial charge in [-0.1, -0.05) is 0 Å². The first kappa shape index (κ1) is 10.9. The summed E-state index contributed by atoms with van der Waals surface area (Å²) in [7, 11) is 0. The van der Waals surface area contributed by atoms with Gasteiger partial charge in [0.15, 0.2) is 6.61 Å². The van der Waals surface area contributed by atoms with E-state index in [2.05, 4.69) is 20.3 Å². The number of rotatable bonds is 4. The number of nitrogens with one attached hydrogen (secondary N) is 1. The van der Waals surface area contributed by atoms with Crippen molar-refractivity contribution < 1.29 is 18.0 Å². The number of hydrogen-bond donors (Lipinski definition) is 1. The second-order valence-electron chi connectivity index (χ2n) is 2.39. The van der Waals surface area contributed by atoms with Gasteiger partial charge in [-0.05, 0) is 6.07 Å². The van der Waals surface area contributed by atoms with Crippen LogP contribution in [0.4, 0.5) is 13.2 Å². The van der Waals surface area contributed by atoms with E-state index in [-0.39, 0.29) is 6.54 Å². The zero-order chi connectivity index (χ0) is 10.4. The number of nitrogens with zero attached hydrogens (tertiary/aromatic N) is 2. The number of hydrogen-bond acceptors (Lipinski definition) is 4. The van der Waals surface area contributed by atoms with Crippen LogP contribution in [-0.4, -0.2) is 22.8 Å². The van der Waals surface area contributed by atoms with Gasteiger partial charge in [0.25, 0.3) is 0 Å². The van der Waals surface area contributed by atoms with E-state index in [9.17, 15) is 13.2 Å². The first-order chi connectivity index (χ1) is 6.58. The molecule has 7 heteroatoms. The summed E-state index contributed by atoms with van der Waals surface area (Å²) in [5.41, 5.74) is 2.11. The van der Waals surface area contributed by atoms with Gasteiger partial charge in [0.05, 0.1) is 6.54 Å². The van der Waals surface area contributed by atoms with Crippen molar-refractivity contribution >= 4 is 0 Å². The van der Waals surface area contributed by atoms with Gasteiger partial charge in [0.2, 0.25) is 0 Å². The molecular formula is C7H8F3N3O. The Bertz CT molecular complexity index is 265. The standard InChI is InChI=1S/C7H8F3N3O/c8-7(9,10)5-14-13-4-6-11-2-1-3-12-6/h1-3,13H,4-5H2. The molecule has 0 saturated carbocycles. The minimum Gasteiger partial charge on any atom is -0.292 e. The Labute approximate surface area is 78.1 Å². The Morgan fingerprint density at radius 3 is 2.50 bits per heavy atom. The summed E-state index contributed by atoms with van der Waals surface area (Å²) >= 11 is 0. The molecule has 0 spiro atoms. The average Bonchev–Trinajstić information content (AvgIpc) is 2.13. The Kier molecular flexibility index (Phi) is 3.78. The van der Waals surface area contributed by atoms with Crippen LogP contribution in [0.25, 0.3) is 0 Å². The van der Waals surface area contributed by atoms with Crippen molar-refractivity contribution in [3.63, 3.8) is 0 Å². The Morgan fingerprint density at radius 2 is 1.93 bits per heavy atom. The van der Waals surface area contributed by atoms with Gasteiger partial charge < -0.3 is 0 Å². The van der Waals surface area contributed by atoms with Crippen molar-refractivity contribution in [2.24, 2.45) is 0 Å². The van der Waals surface area contributed by atoms with Gasteiger partial charge in [-0.2, -0.15) is 18.7 Å². The zero-order valence-electron chi connectivity index (χ0n) is 7.08. The molecule has 0 radical (unpaired) electrons. The summed E-state index contributed by atoms with van der Waals surface area (Å²) in [6.45, 7) is -1.29. The van der Waals surface area contributed by atoms with E-state index in [0.717, 1.165) is 0 Å². The van der Waals surface area contributed by atoms with Crippen LogP contribution < -0.4 is 5.48 Å². The molecule has 0 bridgehead atoms. The molecule has 0 unspecified atom stereocenters. The fourth-order valence-electron chi connectivity index (χ4n) is 0.670. The largest absolute Gasteiger partial charge is 0.413 e. The molecule has 0 aliphatic rings. The molecule has 0 saturated heterocycles. The summed E-state index contributed by atoms with van der Waals surface area (Å²) < 4.78 is 34.8. The summed E-state index contributed by atoms with van der Waals surface area (Å²) in [5.74, 6) is 0.370. The molecule has 0 aromatic carbocycles. The van der Waals surface area contributed by atoms with Crippen LogP contribution in [0.5, 0.6) is 0 Å². The average molecular weight is 207 g/mol.